The number of rotatable bonds is 5. The topological polar surface area (TPSA) is 81.3 Å². The fourth-order valence-electron chi connectivity index (χ4n) is 4.49. The summed E-state index contributed by atoms with van der Waals surface area (Å²) in [6.45, 7) is 5.59. The molecule has 0 aliphatic rings. The predicted octanol–water partition coefficient (Wildman–Crippen LogP) is 4.87. The summed E-state index contributed by atoms with van der Waals surface area (Å²) < 4.78 is 3.27. The molecular weight excluding hydrogens is 438 g/mol. The van der Waals surface area contributed by atoms with E-state index in [4.69, 9.17) is 0 Å². The SMILES string of the molecule is C/C=C/c1cccc2cc(C(C)NC(=O)c3c(C)nn4cccnc34)n(-c3ccccc3)c(=O)c12. The number of nitrogens with zero attached hydrogens (tertiary/aromatic N) is 4. The van der Waals surface area contributed by atoms with Gasteiger partial charge in [-0.1, -0.05) is 48.6 Å². The minimum Gasteiger partial charge on any atom is -0.344 e. The van der Waals surface area contributed by atoms with Gasteiger partial charge in [-0.05, 0) is 56.0 Å². The molecule has 174 valence electrons. The van der Waals surface area contributed by atoms with Crippen molar-refractivity contribution in [2.45, 2.75) is 26.8 Å². The number of hydrogen-bond donors (Lipinski definition) is 1. The van der Waals surface area contributed by atoms with Gasteiger partial charge in [-0.25, -0.2) is 9.50 Å². The van der Waals surface area contributed by atoms with Crippen molar-refractivity contribution in [1.29, 1.82) is 0 Å². The monoisotopic (exact) mass is 463 g/mol. The highest BCUT2D eigenvalue weighted by atomic mass is 16.2. The molecule has 7 heteroatoms. The molecule has 0 saturated carbocycles. The molecule has 3 aromatic heterocycles. The van der Waals surface area contributed by atoms with E-state index in [0.717, 1.165) is 16.6 Å². The maximum Gasteiger partial charge on any atom is 0.263 e. The number of aryl methyl sites for hydroxylation is 1. The molecule has 7 nitrogen and oxygen atoms in total. The van der Waals surface area contributed by atoms with Gasteiger partial charge in [-0.15, -0.1) is 0 Å². The van der Waals surface area contributed by atoms with Crippen LogP contribution in [0, 0.1) is 6.92 Å². The third-order valence-electron chi connectivity index (χ3n) is 6.06. The van der Waals surface area contributed by atoms with Gasteiger partial charge in [-0.3, -0.25) is 14.2 Å². The number of hydrogen-bond acceptors (Lipinski definition) is 4. The fourth-order valence-corrected chi connectivity index (χ4v) is 4.49. The zero-order valence-electron chi connectivity index (χ0n) is 19.8. The number of benzene rings is 2. The van der Waals surface area contributed by atoms with Gasteiger partial charge in [0.25, 0.3) is 11.5 Å². The van der Waals surface area contributed by atoms with Crippen LogP contribution < -0.4 is 10.9 Å². The average Bonchev–Trinajstić information content (AvgIpc) is 3.20. The molecule has 0 aliphatic heterocycles. The van der Waals surface area contributed by atoms with Gasteiger partial charge in [0, 0.05) is 23.8 Å². The lowest BCUT2D eigenvalue weighted by atomic mass is 10.0. The van der Waals surface area contributed by atoms with E-state index in [-0.39, 0.29) is 11.5 Å². The number of fused-ring (bicyclic) bond motifs is 2. The van der Waals surface area contributed by atoms with Crippen LogP contribution in [0.3, 0.4) is 0 Å². The molecule has 1 N–H and O–H groups in total. The number of nitrogens with one attached hydrogen (secondary N) is 1. The molecule has 35 heavy (non-hydrogen) atoms. The van der Waals surface area contributed by atoms with E-state index in [1.165, 1.54) is 0 Å². The summed E-state index contributed by atoms with van der Waals surface area (Å²) in [6.07, 6.45) is 7.25. The molecule has 0 bridgehead atoms. The molecular formula is C28H25N5O2. The quantitative estimate of drug-likeness (QED) is 0.403. The average molecular weight is 464 g/mol. The van der Waals surface area contributed by atoms with Crippen molar-refractivity contribution in [2.75, 3.05) is 0 Å². The summed E-state index contributed by atoms with van der Waals surface area (Å²) in [5.74, 6) is -0.293. The molecule has 1 unspecified atom stereocenters. The summed E-state index contributed by atoms with van der Waals surface area (Å²) in [5, 5.41) is 8.92. The number of para-hydroxylation sites is 1. The third-order valence-corrected chi connectivity index (χ3v) is 6.06. The van der Waals surface area contributed by atoms with Crippen LogP contribution in [0.1, 0.15) is 47.2 Å². The first-order valence-electron chi connectivity index (χ1n) is 11.5. The van der Waals surface area contributed by atoms with E-state index in [1.807, 2.05) is 80.6 Å². The Labute approximate surface area is 202 Å². The molecule has 1 amide bonds. The Kier molecular flexibility index (Phi) is 5.74. The number of carbonyl (C=O) groups excluding carboxylic acids is 1. The van der Waals surface area contributed by atoms with E-state index in [1.54, 1.807) is 34.5 Å². The maximum atomic E-state index is 13.9. The molecule has 0 radical (unpaired) electrons. The van der Waals surface area contributed by atoms with Gasteiger partial charge in [0.2, 0.25) is 0 Å². The number of allylic oxidation sites excluding steroid dienone is 1. The minimum absolute atomic E-state index is 0.132. The lowest BCUT2D eigenvalue weighted by Gasteiger charge is -2.21. The third kappa shape index (κ3) is 3.91. The van der Waals surface area contributed by atoms with Crippen molar-refractivity contribution in [3.63, 3.8) is 0 Å². The Bertz CT molecular complexity index is 1650. The van der Waals surface area contributed by atoms with Gasteiger partial charge in [0.15, 0.2) is 5.65 Å². The highest BCUT2D eigenvalue weighted by Crippen LogP contribution is 2.24. The van der Waals surface area contributed by atoms with Crippen LogP contribution in [0.5, 0.6) is 0 Å². The Balaban J connectivity index is 1.66. The molecule has 0 spiro atoms. The molecule has 0 saturated heterocycles. The number of aromatic nitrogens is 4. The number of pyridine rings is 1. The molecule has 0 fully saturated rings. The smallest absolute Gasteiger partial charge is 0.263 e. The van der Waals surface area contributed by atoms with Crippen LogP contribution in [0.4, 0.5) is 0 Å². The molecule has 1 atom stereocenters. The van der Waals surface area contributed by atoms with Gasteiger partial charge < -0.3 is 5.32 Å². The Morgan fingerprint density at radius 1 is 1.09 bits per heavy atom. The Morgan fingerprint density at radius 3 is 2.66 bits per heavy atom. The zero-order valence-corrected chi connectivity index (χ0v) is 19.8. The van der Waals surface area contributed by atoms with E-state index < -0.39 is 6.04 Å². The maximum absolute atomic E-state index is 13.9. The highest BCUT2D eigenvalue weighted by molar-refractivity contribution is 6.01. The first-order valence-corrected chi connectivity index (χ1v) is 11.5. The first kappa shape index (κ1) is 22.3. The largest absolute Gasteiger partial charge is 0.344 e. The minimum atomic E-state index is -0.469. The second-order valence-corrected chi connectivity index (χ2v) is 8.40. The van der Waals surface area contributed by atoms with Gasteiger partial charge >= 0.3 is 0 Å². The zero-order chi connectivity index (χ0) is 24.5. The summed E-state index contributed by atoms with van der Waals surface area (Å²) in [5.41, 5.74) is 3.64. The van der Waals surface area contributed by atoms with Crippen LogP contribution in [0.25, 0.3) is 28.2 Å². The molecule has 5 aromatic rings. The standard InChI is InChI=1S/C28H25N5O2/c1-4-10-20-11-8-12-21-17-23(33(28(35)25(20)21)22-13-6-5-7-14-22)18(2)30-27(34)24-19(3)31-32-16-9-15-29-26(24)32/h4-18H,1-3H3,(H,30,34)/b10-4+. The van der Waals surface area contributed by atoms with Crippen LogP contribution in [-0.4, -0.2) is 25.1 Å². The summed E-state index contributed by atoms with van der Waals surface area (Å²) in [6, 6.07) is 18.5. The van der Waals surface area contributed by atoms with Crippen molar-refractivity contribution in [2.24, 2.45) is 0 Å². The normalized spacial score (nSPS) is 12.4. The number of carbonyl (C=O) groups is 1. The van der Waals surface area contributed by atoms with Gasteiger partial charge in [0.1, 0.15) is 5.56 Å². The van der Waals surface area contributed by atoms with Crippen molar-refractivity contribution >= 4 is 28.4 Å². The van der Waals surface area contributed by atoms with Crippen molar-refractivity contribution in [3.05, 3.63) is 112 Å². The molecule has 0 aliphatic carbocycles. The summed E-state index contributed by atoms with van der Waals surface area (Å²) in [4.78, 5) is 31.6. The fraction of sp³-hybridized carbons (Fsp3) is 0.143. The van der Waals surface area contributed by atoms with E-state index in [0.29, 0.717) is 28.0 Å². The van der Waals surface area contributed by atoms with Gasteiger partial charge in [-0.2, -0.15) is 5.10 Å². The van der Waals surface area contributed by atoms with E-state index >= 15 is 0 Å². The van der Waals surface area contributed by atoms with Crippen LogP contribution in [-0.2, 0) is 0 Å². The van der Waals surface area contributed by atoms with Crippen LogP contribution in [0.15, 0.2) is 83.9 Å². The van der Waals surface area contributed by atoms with Crippen molar-refractivity contribution in [3.8, 4) is 5.69 Å². The Hall–Kier alpha value is -4.52. The number of amides is 1. The van der Waals surface area contributed by atoms with Crippen molar-refractivity contribution < 1.29 is 4.79 Å². The summed E-state index contributed by atoms with van der Waals surface area (Å²) >= 11 is 0. The molecule has 2 aromatic carbocycles. The second-order valence-electron chi connectivity index (χ2n) is 8.40. The summed E-state index contributed by atoms with van der Waals surface area (Å²) in [7, 11) is 0. The van der Waals surface area contributed by atoms with E-state index in [9.17, 15) is 9.59 Å². The van der Waals surface area contributed by atoms with Crippen molar-refractivity contribution in [1.82, 2.24) is 24.5 Å². The predicted molar refractivity (Wildman–Crippen MR) is 138 cm³/mol. The van der Waals surface area contributed by atoms with Crippen LogP contribution >= 0.6 is 0 Å². The first-order chi connectivity index (χ1) is 17.0. The lowest BCUT2D eigenvalue weighted by molar-refractivity contribution is 0.0939. The molecule has 3 heterocycles. The Morgan fingerprint density at radius 2 is 1.89 bits per heavy atom. The lowest BCUT2D eigenvalue weighted by Crippen LogP contribution is -2.32. The molecule has 5 rings (SSSR count). The highest BCUT2D eigenvalue weighted by Gasteiger charge is 2.23. The van der Waals surface area contributed by atoms with Crippen LogP contribution in [0.2, 0.25) is 0 Å². The van der Waals surface area contributed by atoms with Gasteiger partial charge in [0.05, 0.1) is 17.1 Å². The van der Waals surface area contributed by atoms with E-state index in [2.05, 4.69) is 15.4 Å². The second kappa shape index (κ2) is 9.02.